The zero-order valence-electron chi connectivity index (χ0n) is 12.2. The van der Waals surface area contributed by atoms with Crippen molar-refractivity contribution in [3.05, 3.63) is 12.2 Å². The molecule has 0 bridgehead atoms. The molecule has 1 N–H and O–H groups in total. The van der Waals surface area contributed by atoms with E-state index in [4.69, 9.17) is 14.0 Å². The number of ether oxygens (including phenoxy) is 2. The predicted molar refractivity (Wildman–Crippen MR) is 71.3 cm³/mol. The zero-order valence-corrected chi connectivity index (χ0v) is 13.0. The lowest BCUT2D eigenvalue weighted by atomic mass is 10.1. The fraction of sp³-hybridized carbons (Fsp3) is 0.667. The van der Waals surface area contributed by atoms with Gasteiger partial charge in [-0.15, -0.1) is 0 Å². The second-order valence-corrected chi connectivity index (χ2v) is 6.77. The molecule has 8 heteroatoms. The monoisotopic (exact) mass is 308 g/mol. The largest absolute Gasteiger partial charge is 0.423 e. The SMILES string of the molecule is C=C(C)C(=O)OC(C)(C)OC(=O)C(C)C(C)S(=O)(=O)O. The molecule has 0 aliphatic rings. The fourth-order valence-corrected chi connectivity index (χ4v) is 1.74. The summed E-state index contributed by atoms with van der Waals surface area (Å²) in [6.07, 6.45) is 0. The summed E-state index contributed by atoms with van der Waals surface area (Å²) in [5.74, 6) is -4.33. The Bertz CT molecular complexity index is 504. The van der Waals surface area contributed by atoms with Crippen molar-refractivity contribution in [3.63, 3.8) is 0 Å². The maximum Gasteiger partial charge on any atom is 0.336 e. The molecule has 2 atom stereocenters. The Morgan fingerprint density at radius 1 is 1.20 bits per heavy atom. The highest BCUT2D eigenvalue weighted by Gasteiger charge is 2.35. The quantitative estimate of drug-likeness (QED) is 0.341. The van der Waals surface area contributed by atoms with Gasteiger partial charge < -0.3 is 9.47 Å². The highest BCUT2D eigenvalue weighted by atomic mass is 32.2. The Morgan fingerprint density at radius 3 is 2.00 bits per heavy atom. The van der Waals surface area contributed by atoms with Crippen LogP contribution in [0.3, 0.4) is 0 Å². The first kappa shape index (κ1) is 18.6. The molecule has 0 saturated carbocycles. The number of hydrogen-bond acceptors (Lipinski definition) is 6. The Labute approximate surface area is 118 Å². The minimum Gasteiger partial charge on any atom is -0.423 e. The minimum absolute atomic E-state index is 0.133. The zero-order chi connectivity index (χ0) is 16.3. The van der Waals surface area contributed by atoms with Crippen molar-refractivity contribution in [2.75, 3.05) is 0 Å². The van der Waals surface area contributed by atoms with Gasteiger partial charge in [-0.3, -0.25) is 9.35 Å². The first-order chi connectivity index (χ1) is 8.78. The Morgan fingerprint density at radius 2 is 1.65 bits per heavy atom. The van der Waals surface area contributed by atoms with E-state index in [0.717, 1.165) is 0 Å². The highest BCUT2D eigenvalue weighted by molar-refractivity contribution is 7.86. The molecule has 0 rings (SSSR count). The molecule has 0 amide bonds. The molecule has 0 fully saturated rings. The topological polar surface area (TPSA) is 107 Å². The van der Waals surface area contributed by atoms with E-state index >= 15 is 0 Å². The van der Waals surface area contributed by atoms with Gasteiger partial charge >= 0.3 is 11.9 Å². The van der Waals surface area contributed by atoms with Gasteiger partial charge in [0.25, 0.3) is 15.9 Å². The summed E-state index contributed by atoms with van der Waals surface area (Å²) in [4.78, 5) is 23.1. The molecule has 7 nitrogen and oxygen atoms in total. The van der Waals surface area contributed by atoms with E-state index in [1.165, 1.54) is 34.6 Å². The van der Waals surface area contributed by atoms with Gasteiger partial charge in [0.2, 0.25) is 0 Å². The van der Waals surface area contributed by atoms with Crippen LogP contribution in [-0.2, 0) is 29.2 Å². The van der Waals surface area contributed by atoms with E-state index in [9.17, 15) is 18.0 Å². The lowest BCUT2D eigenvalue weighted by molar-refractivity contribution is -0.216. The first-order valence-electron chi connectivity index (χ1n) is 5.86. The summed E-state index contributed by atoms with van der Waals surface area (Å²) < 4.78 is 40.6. The molecule has 0 heterocycles. The summed E-state index contributed by atoms with van der Waals surface area (Å²) in [6, 6.07) is 0. The summed E-state index contributed by atoms with van der Waals surface area (Å²) in [5.41, 5.74) is 0.133. The summed E-state index contributed by atoms with van der Waals surface area (Å²) in [7, 11) is -4.36. The van der Waals surface area contributed by atoms with Gasteiger partial charge in [0, 0.05) is 19.4 Å². The lowest BCUT2D eigenvalue weighted by Gasteiger charge is -2.27. The van der Waals surface area contributed by atoms with E-state index in [-0.39, 0.29) is 5.57 Å². The third-order valence-electron chi connectivity index (χ3n) is 2.58. The van der Waals surface area contributed by atoms with E-state index in [1.54, 1.807) is 0 Å². The molecule has 2 unspecified atom stereocenters. The average Bonchev–Trinajstić information content (AvgIpc) is 2.23. The van der Waals surface area contributed by atoms with Crippen molar-refractivity contribution < 1.29 is 32.0 Å². The third kappa shape index (κ3) is 5.70. The van der Waals surface area contributed by atoms with Crippen LogP contribution in [-0.4, -0.2) is 35.9 Å². The molecule has 0 aliphatic heterocycles. The second-order valence-electron chi connectivity index (χ2n) is 5.00. The van der Waals surface area contributed by atoms with Crippen LogP contribution < -0.4 is 0 Å². The second kappa shape index (κ2) is 6.36. The normalized spacial score (nSPS) is 15.1. The van der Waals surface area contributed by atoms with Gasteiger partial charge in [-0.25, -0.2) is 4.79 Å². The molecule has 0 aromatic heterocycles. The number of rotatable bonds is 6. The Hall–Kier alpha value is -1.41. The van der Waals surface area contributed by atoms with Crippen LogP contribution >= 0.6 is 0 Å². The minimum atomic E-state index is -4.36. The smallest absolute Gasteiger partial charge is 0.336 e. The highest BCUT2D eigenvalue weighted by Crippen LogP contribution is 2.19. The maximum atomic E-state index is 11.8. The van der Waals surface area contributed by atoms with Crippen LogP contribution in [0.25, 0.3) is 0 Å². The van der Waals surface area contributed by atoms with Gasteiger partial charge in [0.1, 0.15) is 0 Å². The summed E-state index contributed by atoms with van der Waals surface area (Å²) >= 11 is 0. The lowest BCUT2D eigenvalue weighted by Crippen LogP contribution is -2.39. The molecule has 0 aromatic carbocycles. The number of esters is 2. The van der Waals surface area contributed by atoms with Gasteiger partial charge in [0.15, 0.2) is 0 Å². The van der Waals surface area contributed by atoms with Gasteiger partial charge in [-0.05, 0) is 13.8 Å². The summed E-state index contributed by atoms with van der Waals surface area (Å²) in [6.45, 7) is 9.94. The van der Waals surface area contributed by atoms with Crippen molar-refractivity contribution in [3.8, 4) is 0 Å². The fourth-order valence-electron chi connectivity index (χ4n) is 1.12. The van der Waals surface area contributed by atoms with E-state index in [0.29, 0.717) is 0 Å². The molecule has 0 radical (unpaired) electrons. The van der Waals surface area contributed by atoms with Crippen LogP contribution in [0, 0.1) is 5.92 Å². The standard InChI is InChI=1S/C12H20O7S/c1-7(2)10(13)18-12(5,6)19-11(14)8(3)9(4)20(15,16)17/h8-9H,1H2,2-6H3,(H,15,16,17). The number of carbonyl (C=O) groups is 2. The molecular formula is C12H20O7S. The number of hydrogen-bond donors (Lipinski definition) is 1. The molecular weight excluding hydrogens is 288 g/mol. The third-order valence-corrected chi connectivity index (χ3v) is 3.93. The van der Waals surface area contributed by atoms with Crippen molar-refractivity contribution in [2.24, 2.45) is 5.92 Å². The van der Waals surface area contributed by atoms with Crippen molar-refractivity contribution >= 4 is 22.1 Å². The van der Waals surface area contributed by atoms with Crippen molar-refractivity contribution in [1.82, 2.24) is 0 Å². The van der Waals surface area contributed by atoms with Crippen LogP contribution in [0.1, 0.15) is 34.6 Å². The first-order valence-corrected chi connectivity index (χ1v) is 7.36. The molecule has 20 heavy (non-hydrogen) atoms. The average molecular weight is 308 g/mol. The number of carbonyl (C=O) groups excluding carboxylic acids is 2. The van der Waals surface area contributed by atoms with Gasteiger partial charge in [-0.2, -0.15) is 8.42 Å². The molecule has 0 spiro atoms. The van der Waals surface area contributed by atoms with Gasteiger partial charge in [-0.1, -0.05) is 13.5 Å². The van der Waals surface area contributed by atoms with Crippen molar-refractivity contribution in [2.45, 2.75) is 45.7 Å². The van der Waals surface area contributed by atoms with Crippen molar-refractivity contribution in [1.29, 1.82) is 0 Å². The van der Waals surface area contributed by atoms with Crippen LogP contribution in [0.2, 0.25) is 0 Å². The van der Waals surface area contributed by atoms with Crippen LogP contribution in [0.4, 0.5) is 0 Å². The van der Waals surface area contributed by atoms with E-state index in [1.807, 2.05) is 0 Å². The van der Waals surface area contributed by atoms with E-state index < -0.39 is 39.0 Å². The van der Waals surface area contributed by atoms with Crippen LogP contribution in [0.5, 0.6) is 0 Å². The predicted octanol–water partition coefficient (Wildman–Crippen LogP) is 1.30. The Balaban J connectivity index is 4.83. The van der Waals surface area contributed by atoms with E-state index in [2.05, 4.69) is 6.58 Å². The maximum absolute atomic E-state index is 11.8. The Kier molecular flexibility index (Phi) is 5.91. The summed E-state index contributed by atoms with van der Waals surface area (Å²) in [5, 5.41) is -1.33. The molecule has 0 aliphatic carbocycles. The molecule has 116 valence electrons. The van der Waals surface area contributed by atoms with Gasteiger partial charge in [0.05, 0.1) is 11.2 Å². The van der Waals surface area contributed by atoms with Crippen LogP contribution in [0.15, 0.2) is 12.2 Å². The molecule has 0 saturated heterocycles. The molecule has 0 aromatic rings.